The van der Waals surface area contributed by atoms with Crippen molar-refractivity contribution in [3.05, 3.63) is 30.1 Å². The first-order valence-corrected chi connectivity index (χ1v) is 14.1. The number of amides is 1. The first kappa shape index (κ1) is 23.3. The summed E-state index contributed by atoms with van der Waals surface area (Å²) in [7, 11) is 0. The number of rotatable bonds is 11. The van der Waals surface area contributed by atoms with Crippen LogP contribution in [0.2, 0.25) is 0 Å². The predicted molar refractivity (Wildman–Crippen MR) is 134 cm³/mol. The smallest absolute Gasteiger partial charge is 0.239 e. The van der Waals surface area contributed by atoms with Crippen LogP contribution >= 0.6 is 0 Å². The largest absolute Gasteiger partial charge is 0.341 e. The Kier molecular flexibility index (Phi) is 7.39. The van der Waals surface area contributed by atoms with Gasteiger partial charge in [-0.2, -0.15) is 0 Å². The standard InChI is InChI=1S/C29H45N3O/c1-2-3-4-13-32(16-10-29-20-24-17-25(21-29)19-26(18-24)22-29)28(33)27-6-5-14-31(27)15-9-23-7-11-30-12-8-23/h7-8,11-12,24-27H,2-6,9-10,13-22H2,1H3/t24?,25?,26?,27-,29?/m1/s1. The maximum atomic E-state index is 13.9. The van der Waals surface area contributed by atoms with Gasteiger partial charge in [0.05, 0.1) is 6.04 Å². The van der Waals surface area contributed by atoms with E-state index in [1.165, 1.54) is 63.4 Å². The van der Waals surface area contributed by atoms with E-state index < -0.39 is 0 Å². The first-order chi connectivity index (χ1) is 16.1. The number of unbranched alkanes of at least 4 members (excludes halogenated alkanes) is 2. The monoisotopic (exact) mass is 451 g/mol. The van der Waals surface area contributed by atoms with Crippen molar-refractivity contribution in [1.29, 1.82) is 0 Å². The third-order valence-corrected chi connectivity index (χ3v) is 9.51. The topological polar surface area (TPSA) is 36.4 Å². The van der Waals surface area contributed by atoms with E-state index in [9.17, 15) is 4.79 Å². The predicted octanol–water partition coefficient (Wildman–Crippen LogP) is 5.71. The second-order valence-electron chi connectivity index (χ2n) is 12.0. The van der Waals surface area contributed by atoms with Crippen molar-refractivity contribution < 1.29 is 4.79 Å². The zero-order valence-corrected chi connectivity index (χ0v) is 20.9. The summed E-state index contributed by atoms with van der Waals surface area (Å²) in [5.41, 5.74) is 1.89. The van der Waals surface area contributed by atoms with E-state index in [-0.39, 0.29) is 6.04 Å². The van der Waals surface area contributed by atoms with E-state index >= 15 is 0 Å². The van der Waals surface area contributed by atoms with Crippen molar-refractivity contribution in [2.45, 2.75) is 96.4 Å². The minimum absolute atomic E-state index is 0.102. The van der Waals surface area contributed by atoms with Crippen LogP contribution in [-0.2, 0) is 11.2 Å². The van der Waals surface area contributed by atoms with Crippen LogP contribution in [0.1, 0.15) is 89.5 Å². The lowest BCUT2D eigenvalue weighted by atomic mass is 9.49. The fraction of sp³-hybridized carbons (Fsp3) is 0.793. The number of carbonyl (C=O) groups is 1. The Morgan fingerprint density at radius 3 is 2.42 bits per heavy atom. The van der Waals surface area contributed by atoms with Crippen LogP contribution in [-0.4, -0.2) is 52.9 Å². The number of hydrogen-bond acceptors (Lipinski definition) is 3. The molecule has 6 rings (SSSR count). The number of nitrogens with zero attached hydrogens (tertiary/aromatic N) is 3. The fourth-order valence-electron chi connectivity index (χ4n) is 8.26. The summed E-state index contributed by atoms with van der Waals surface area (Å²) in [6.45, 7) is 6.29. The molecule has 1 aromatic rings. The van der Waals surface area contributed by atoms with Crippen molar-refractivity contribution in [1.82, 2.24) is 14.8 Å². The van der Waals surface area contributed by atoms with Crippen LogP contribution in [0, 0.1) is 23.2 Å². The molecule has 0 aromatic carbocycles. The molecule has 1 saturated heterocycles. The van der Waals surface area contributed by atoms with Gasteiger partial charge in [-0.3, -0.25) is 14.7 Å². The average Bonchev–Trinajstić information content (AvgIpc) is 3.28. The number of aromatic nitrogens is 1. The van der Waals surface area contributed by atoms with Gasteiger partial charge in [-0.15, -0.1) is 0 Å². The highest BCUT2D eigenvalue weighted by Crippen LogP contribution is 2.61. The third-order valence-electron chi connectivity index (χ3n) is 9.51. The van der Waals surface area contributed by atoms with Crippen LogP contribution in [0.3, 0.4) is 0 Å². The molecule has 0 unspecified atom stereocenters. The zero-order chi connectivity index (χ0) is 22.7. The van der Waals surface area contributed by atoms with Gasteiger partial charge in [0, 0.05) is 32.0 Å². The Morgan fingerprint density at radius 2 is 1.76 bits per heavy atom. The molecule has 182 valence electrons. The van der Waals surface area contributed by atoms with E-state index in [1.54, 1.807) is 0 Å². The van der Waals surface area contributed by atoms with E-state index in [4.69, 9.17) is 0 Å². The lowest BCUT2D eigenvalue weighted by Gasteiger charge is -2.57. The third kappa shape index (κ3) is 5.47. The molecule has 1 aromatic heterocycles. The Labute approximate surface area is 201 Å². The summed E-state index contributed by atoms with van der Waals surface area (Å²) in [6.07, 6.45) is 20.7. The Balaban J connectivity index is 1.21. The summed E-state index contributed by atoms with van der Waals surface area (Å²) in [6, 6.07) is 4.31. The molecule has 33 heavy (non-hydrogen) atoms. The van der Waals surface area contributed by atoms with E-state index in [0.29, 0.717) is 11.3 Å². The molecule has 1 aliphatic heterocycles. The van der Waals surface area contributed by atoms with Crippen LogP contribution in [0.5, 0.6) is 0 Å². The SMILES string of the molecule is CCCCCN(CCC12CC3CC(CC(C3)C1)C2)C(=O)[C@H]1CCCN1CCc1ccncc1. The maximum Gasteiger partial charge on any atom is 0.239 e. The summed E-state index contributed by atoms with van der Waals surface area (Å²) >= 11 is 0. The van der Waals surface area contributed by atoms with E-state index in [2.05, 4.69) is 33.8 Å². The van der Waals surface area contributed by atoms with Crippen molar-refractivity contribution in [2.75, 3.05) is 26.2 Å². The van der Waals surface area contributed by atoms with Crippen molar-refractivity contribution >= 4 is 5.91 Å². The van der Waals surface area contributed by atoms with Gasteiger partial charge in [-0.1, -0.05) is 19.8 Å². The minimum Gasteiger partial charge on any atom is -0.341 e. The average molecular weight is 452 g/mol. The highest BCUT2D eigenvalue weighted by atomic mass is 16.2. The molecular weight excluding hydrogens is 406 g/mol. The molecule has 0 N–H and O–H groups in total. The van der Waals surface area contributed by atoms with Gasteiger partial charge < -0.3 is 4.90 Å². The highest BCUT2D eigenvalue weighted by molar-refractivity contribution is 5.82. The highest BCUT2D eigenvalue weighted by Gasteiger charge is 2.50. The van der Waals surface area contributed by atoms with E-state index in [1.807, 2.05) is 12.4 Å². The summed E-state index contributed by atoms with van der Waals surface area (Å²) in [5.74, 6) is 3.43. The second kappa shape index (κ2) is 10.5. The molecule has 0 spiro atoms. The molecule has 1 atom stereocenters. The van der Waals surface area contributed by atoms with Crippen LogP contribution < -0.4 is 0 Å². The van der Waals surface area contributed by atoms with Crippen LogP contribution in [0.25, 0.3) is 0 Å². The molecule has 4 heteroatoms. The van der Waals surface area contributed by atoms with Gasteiger partial charge in [-0.05, 0) is 118 Å². The zero-order valence-electron chi connectivity index (χ0n) is 20.9. The minimum atomic E-state index is 0.102. The maximum absolute atomic E-state index is 13.9. The fourth-order valence-corrected chi connectivity index (χ4v) is 8.26. The van der Waals surface area contributed by atoms with Gasteiger partial charge in [0.1, 0.15) is 0 Å². The van der Waals surface area contributed by atoms with Crippen LogP contribution in [0.4, 0.5) is 0 Å². The van der Waals surface area contributed by atoms with E-state index in [0.717, 1.165) is 69.6 Å². The number of carbonyl (C=O) groups excluding carboxylic acids is 1. The van der Waals surface area contributed by atoms with Gasteiger partial charge >= 0.3 is 0 Å². The van der Waals surface area contributed by atoms with Crippen LogP contribution in [0.15, 0.2) is 24.5 Å². The molecule has 4 aliphatic carbocycles. The lowest BCUT2D eigenvalue weighted by Crippen LogP contribution is -2.50. The van der Waals surface area contributed by atoms with Gasteiger partial charge in [0.15, 0.2) is 0 Å². The van der Waals surface area contributed by atoms with Gasteiger partial charge in [0.2, 0.25) is 5.91 Å². The van der Waals surface area contributed by atoms with Crippen molar-refractivity contribution in [3.8, 4) is 0 Å². The molecule has 0 radical (unpaired) electrons. The summed E-state index contributed by atoms with van der Waals surface area (Å²) < 4.78 is 0. The molecule has 2 heterocycles. The number of hydrogen-bond donors (Lipinski definition) is 0. The Hall–Kier alpha value is -1.42. The van der Waals surface area contributed by atoms with Crippen molar-refractivity contribution in [3.63, 3.8) is 0 Å². The molecule has 4 nitrogen and oxygen atoms in total. The Bertz CT molecular complexity index is 743. The number of pyridine rings is 1. The molecule has 4 saturated carbocycles. The molecule has 5 aliphatic rings. The molecule has 4 bridgehead atoms. The summed E-state index contributed by atoms with van der Waals surface area (Å²) in [5, 5.41) is 0. The quantitative estimate of drug-likeness (QED) is 0.404. The lowest BCUT2D eigenvalue weighted by molar-refractivity contribution is -0.137. The summed E-state index contributed by atoms with van der Waals surface area (Å²) in [4.78, 5) is 22.8. The van der Waals surface area contributed by atoms with Crippen molar-refractivity contribution in [2.24, 2.45) is 23.2 Å². The molecule has 5 fully saturated rings. The molecule has 1 amide bonds. The van der Waals surface area contributed by atoms with Gasteiger partial charge in [0.25, 0.3) is 0 Å². The Morgan fingerprint density at radius 1 is 1.06 bits per heavy atom. The normalized spacial score (nSPS) is 33.0. The first-order valence-electron chi connectivity index (χ1n) is 14.1. The van der Waals surface area contributed by atoms with Gasteiger partial charge in [-0.25, -0.2) is 0 Å². The molecular formula is C29H45N3O. The number of likely N-dealkylation sites (tertiary alicyclic amines) is 1. The second-order valence-corrected chi connectivity index (χ2v) is 12.0.